The van der Waals surface area contributed by atoms with Gasteiger partial charge in [-0.25, -0.2) is 0 Å². The number of carbonyl (C=O) groups is 2. The zero-order chi connectivity index (χ0) is 21.0. The molecule has 29 heavy (non-hydrogen) atoms. The molecule has 1 fully saturated rings. The quantitative estimate of drug-likeness (QED) is 0.774. The minimum atomic E-state index is -0.320. The second kappa shape index (κ2) is 9.07. The van der Waals surface area contributed by atoms with E-state index in [9.17, 15) is 14.4 Å². The summed E-state index contributed by atoms with van der Waals surface area (Å²) < 4.78 is 3.02. The highest BCUT2D eigenvalue weighted by Crippen LogP contribution is 2.18. The second-order valence-electron chi connectivity index (χ2n) is 7.79. The fourth-order valence-corrected chi connectivity index (χ4v) is 3.77. The number of nitrogens with one attached hydrogen (secondary N) is 2. The molecule has 1 saturated carbocycles. The van der Waals surface area contributed by atoms with Crippen LogP contribution in [0.3, 0.4) is 0 Å². The molecule has 2 N–H and O–H groups in total. The van der Waals surface area contributed by atoms with Gasteiger partial charge >= 0.3 is 0 Å². The summed E-state index contributed by atoms with van der Waals surface area (Å²) in [7, 11) is 1.84. The molecule has 8 heteroatoms. The largest absolute Gasteiger partial charge is 0.349 e. The third-order valence-corrected chi connectivity index (χ3v) is 5.62. The molecule has 8 nitrogen and oxygen atoms in total. The Morgan fingerprint density at radius 1 is 1.24 bits per heavy atom. The lowest BCUT2D eigenvalue weighted by Crippen LogP contribution is -2.37. The van der Waals surface area contributed by atoms with Gasteiger partial charge in [0.15, 0.2) is 0 Å². The molecule has 1 atom stereocenters. The first-order valence-electron chi connectivity index (χ1n) is 10.1. The summed E-state index contributed by atoms with van der Waals surface area (Å²) >= 11 is 0. The SMILES string of the molecule is Cc1c([C@H](C)NC(=O)Cn2cc(C(=O)NC3CCCCC3)ccc2=O)cnn1C. The van der Waals surface area contributed by atoms with E-state index >= 15 is 0 Å². The molecule has 156 valence electrons. The van der Waals surface area contributed by atoms with Gasteiger partial charge in [0.05, 0.1) is 17.8 Å². The Morgan fingerprint density at radius 3 is 2.62 bits per heavy atom. The number of aromatic nitrogens is 3. The van der Waals surface area contributed by atoms with Gasteiger partial charge < -0.3 is 15.2 Å². The molecule has 2 aromatic rings. The fourth-order valence-electron chi connectivity index (χ4n) is 3.77. The number of carbonyl (C=O) groups excluding carboxylic acids is 2. The summed E-state index contributed by atoms with van der Waals surface area (Å²) in [4.78, 5) is 37.2. The molecule has 2 heterocycles. The number of nitrogens with zero attached hydrogens (tertiary/aromatic N) is 3. The number of pyridine rings is 1. The van der Waals surface area contributed by atoms with E-state index in [0.29, 0.717) is 5.56 Å². The number of hydrogen-bond donors (Lipinski definition) is 2. The van der Waals surface area contributed by atoms with Crippen LogP contribution < -0.4 is 16.2 Å². The van der Waals surface area contributed by atoms with E-state index in [1.54, 1.807) is 10.9 Å². The van der Waals surface area contributed by atoms with Gasteiger partial charge in [0, 0.05) is 36.6 Å². The van der Waals surface area contributed by atoms with Crippen LogP contribution in [0.2, 0.25) is 0 Å². The molecule has 0 unspecified atom stereocenters. The maximum Gasteiger partial charge on any atom is 0.252 e. The molecule has 2 amide bonds. The molecule has 3 rings (SSSR count). The van der Waals surface area contributed by atoms with Crippen molar-refractivity contribution >= 4 is 11.8 Å². The molecule has 0 aromatic carbocycles. The molecule has 0 spiro atoms. The minimum absolute atomic E-state index is 0.146. The van der Waals surface area contributed by atoms with Crippen molar-refractivity contribution in [1.82, 2.24) is 25.0 Å². The first-order valence-corrected chi connectivity index (χ1v) is 10.1. The van der Waals surface area contributed by atoms with Crippen molar-refractivity contribution in [3.05, 3.63) is 51.7 Å². The lowest BCUT2D eigenvalue weighted by atomic mass is 9.95. The van der Waals surface area contributed by atoms with Gasteiger partial charge in [-0.15, -0.1) is 0 Å². The van der Waals surface area contributed by atoms with E-state index in [0.717, 1.165) is 36.9 Å². The molecule has 0 radical (unpaired) electrons. The van der Waals surface area contributed by atoms with Gasteiger partial charge in [0.1, 0.15) is 6.54 Å². The Bertz CT molecular complexity index is 940. The smallest absolute Gasteiger partial charge is 0.252 e. The molecule has 0 bridgehead atoms. The highest BCUT2D eigenvalue weighted by Gasteiger charge is 2.18. The van der Waals surface area contributed by atoms with Crippen LogP contribution in [-0.2, 0) is 18.4 Å². The van der Waals surface area contributed by atoms with Crippen LogP contribution in [0.15, 0.2) is 29.3 Å². The van der Waals surface area contributed by atoms with E-state index in [4.69, 9.17) is 0 Å². The van der Waals surface area contributed by atoms with Gasteiger partial charge in [-0.05, 0) is 32.8 Å². The lowest BCUT2D eigenvalue weighted by Gasteiger charge is -2.22. The zero-order valence-corrected chi connectivity index (χ0v) is 17.3. The van der Waals surface area contributed by atoms with Crippen molar-refractivity contribution in [3.63, 3.8) is 0 Å². The van der Waals surface area contributed by atoms with Crippen LogP contribution >= 0.6 is 0 Å². The molecule has 1 aliphatic rings. The van der Waals surface area contributed by atoms with Crippen molar-refractivity contribution in [3.8, 4) is 0 Å². The van der Waals surface area contributed by atoms with Crippen LogP contribution in [0.1, 0.15) is 66.7 Å². The predicted molar refractivity (Wildman–Crippen MR) is 110 cm³/mol. The van der Waals surface area contributed by atoms with E-state index < -0.39 is 0 Å². The van der Waals surface area contributed by atoms with Crippen LogP contribution in [0.25, 0.3) is 0 Å². The lowest BCUT2D eigenvalue weighted by molar-refractivity contribution is -0.122. The number of rotatable bonds is 6. The summed E-state index contributed by atoms with van der Waals surface area (Å²) in [5.41, 5.74) is 1.96. The second-order valence-corrected chi connectivity index (χ2v) is 7.79. The Balaban J connectivity index is 1.64. The van der Waals surface area contributed by atoms with Crippen LogP contribution in [0.5, 0.6) is 0 Å². The van der Waals surface area contributed by atoms with Crippen molar-refractivity contribution in [2.75, 3.05) is 0 Å². The molecular weight excluding hydrogens is 370 g/mol. The first-order chi connectivity index (χ1) is 13.8. The summed E-state index contributed by atoms with van der Waals surface area (Å²) in [6.45, 7) is 3.66. The topological polar surface area (TPSA) is 98.0 Å². The normalized spacial score (nSPS) is 15.7. The van der Waals surface area contributed by atoms with Crippen molar-refractivity contribution in [1.29, 1.82) is 0 Å². The van der Waals surface area contributed by atoms with Gasteiger partial charge in [0.2, 0.25) is 5.91 Å². The third kappa shape index (κ3) is 5.13. The van der Waals surface area contributed by atoms with Gasteiger partial charge in [0.25, 0.3) is 11.5 Å². The average molecular weight is 399 g/mol. The van der Waals surface area contributed by atoms with Gasteiger partial charge in [-0.1, -0.05) is 19.3 Å². The Hall–Kier alpha value is -2.90. The number of hydrogen-bond acceptors (Lipinski definition) is 4. The molecular formula is C21H29N5O3. The van der Waals surface area contributed by atoms with E-state index in [-0.39, 0.29) is 36.0 Å². The monoisotopic (exact) mass is 399 g/mol. The average Bonchev–Trinajstić information content (AvgIpc) is 3.03. The van der Waals surface area contributed by atoms with Crippen molar-refractivity contribution < 1.29 is 9.59 Å². The fraction of sp³-hybridized carbons (Fsp3) is 0.524. The van der Waals surface area contributed by atoms with Crippen molar-refractivity contribution in [2.24, 2.45) is 7.05 Å². The molecule has 2 aromatic heterocycles. The maximum atomic E-state index is 12.5. The molecule has 0 saturated heterocycles. The van der Waals surface area contributed by atoms with Gasteiger partial charge in [-0.3, -0.25) is 19.1 Å². The predicted octanol–water partition coefficient (Wildman–Crippen LogP) is 1.83. The van der Waals surface area contributed by atoms with Crippen LogP contribution in [0.4, 0.5) is 0 Å². The maximum absolute atomic E-state index is 12.5. The van der Waals surface area contributed by atoms with Crippen molar-refractivity contribution in [2.45, 2.75) is 64.6 Å². The Kier molecular flexibility index (Phi) is 6.51. The molecule has 0 aliphatic heterocycles. The third-order valence-electron chi connectivity index (χ3n) is 5.62. The number of amides is 2. The van der Waals surface area contributed by atoms with E-state index in [1.807, 2.05) is 20.9 Å². The first kappa shape index (κ1) is 20.8. The number of aryl methyl sites for hydroxylation is 1. The summed E-state index contributed by atoms with van der Waals surface area (Å²) in [5.74, 6) is -0.502. The highest BCUT2D eigenvalue weighted by atomic mass is 16.2. The summed E-state index contributed by atoms with van der Waals surface area (Å²) in [6.07, 6.45) is 8.61. The summed E-state index contributed by atoms with van der Waals surface area (Å²) in [6, 6.07) is 2.79. The zero-order valence-electron chi connectivity index (χ0n) is 17.3. The molecule has 1 aliphatic carbocycles. The minimum Gasteiger partial charge on any atom is -0.349 e. The van der Waals surface area contributed by atoms with Crippen LogP contribution in [-0.4, -0.2) is 32.2 Å². The Morgan fingerprint density at radius 2 is 1.97 bits per heavy atom. The highest BCUT2D eigenvalue weighted by molar-refractivity contribution is 5.94. The van der Waals surface area contributed by atoms with Gasteiger partial charge in [-0.2, -0.15) is 5.10 Å². The Labute approximate surface area is 170 Å². The van der Waals surface area contributed by atoms with Crippen LogP contribution in [0, 0.1) is 6.92 Å². The van der Waals surface area contributed by atoms with E-state index in [2.05, 4.69) is 15.7 Å². The van der Waals surface area contributed by atoms with E-state index in [1.165, 1.54) is 29.3 Å². The standard InChI is InChI=1S/C21H29N5O3/c1-14(18-11-22-25(3)15(18)2)23-19(27)13-26-12-16(9-10-20(26)28)21(29)24-17-7-5-4-6-8-17/h9-12,14,17H,4-8,13H2,1-3H3,(H,23,27)(H,24,29)/t14-/m0/s1. The summed E-state index contributed by atoms with van der Waals surface area (Å²) in [5, 5.41) is 10.1.